The number of benzene rings is 1. The molecule has 0 aliphatic heterocycles. The van der Waals surface area contributed by atoms with E-state index < -0.39 is 5.97 Å². The van der Waals surface area contributed by atoms with Gasteiger partial charge in [-0.25, -0.2) is 0 Å². The minimum atomic E-state index is -0.407. The molecule has 2 N–H and O–H groups in total. The molecule has 8 heteroatoms. The van der Waals surface area contributed by atoms with E-state index in [1.54, 1.807) is 13.0 Å². The monoisotopic (exact) mass is 360 g/mol. The van der Waals surface area contributed by atoms with E-state index in [0.29, 0.717) is 22.2 Å². The Morgan fingerprint density at radius 3 is 2.39 bits per heavy atom. The van der Waals surface area contributed by atoms with Crippen LogP contribution in [0.15, 0.2) is 18.2 Å². The SMILES string of the molecule is CCOC(=O)CCC(=O)NCCNC(=O)c1ccc(Cl)c(Cl)c1. The Morgan fingerprint density at radius 2 is 1.74 bits per heavy atom. The van der Waals surface area contributed by atoms with E-state index in [-0.39, 0.29) is 37.7 Å². The molecule has 0 saturated carbocycles. The minimum Gasteiger partial charge on any atom is -0.466 e. The molecule has 0 atom stereocenters. The van der Waals surface area contributed by atoms with Crippen molar-refractivity contribution in [1.29, 1.82) is 0 Å². The molecule has 1 aromatic rings. The molecular formula is C15H18Cl2N2O4. The third kappa shape index (κ3) is 7.34. The first-order chi connectivity index (χ1) is 10.9. The van der Waals surface area contributed by atoms with Gasteiger partial charge in [-0.1, -0.05) is 23.2 Å². The van der Waals surface area contributed by atoms with Gasteiger partial charge in [0.2, 0.25) is 5.91 Å². The van der Waals surface area contributed by atoms with Crippen LogP contribution in [-0.4, -0.2) is 37.5 Å². The average Bonchev–Trinajstić information content (AvgIpc) is 2.52. The molecule has 0 fully saturated rings. The first-order valence-electron chi connectivity index (χ1n) is 7.09. The van der Waals surface area contributed by atoms with Gasteiger partial charge in [0.25, 0.3) is 5.91 Å². The van der Waals surface area contributed by atoms with Gasteiger partial charge < -0.3 is 15.4 Å². The van der Waals surface area contributed by atoms with Crippen molar-refractivity contribution >= 4 is 41.0 Å². The molecule has 1 aromatic carbocycles. The summed E-state index contributed by atoms with van der Waals surface area (Å²) in [6.45, 7) is 2.51. The van der Waals surface area contributed by atoms with Crippen LogP contribution in [0.3, 0.4) is 0 Å². The molecule has 0 spiro atoms. The standard InChI is InChI=1S/C15H18Cl2N2O4/c1-2-23-14(21)6-5-13(20)18-7-8-19-15(22)10-3-4-11(16)12(17)9-10/h3-4,9H,2,5-8H2,1H3,(H,18,20)(H,19,22). The Labute approximate surface area is 144 Å². The Bertz CT molecular complexity index is 579. The summed E-state index contributed by atoms with van der Waals surface area (Å²) in [6.07, 6.45) is 0.0921. The Morgan fingerprint density at radius 1 is 1.04 bits per heavy atom. The molecule has 6 nitrogen and oxygen atoms in total. The van der Waals surface area contributed by atoms with E-state index in [9.17, 15) is 14.4 Å². The summed E-state index contributed by atoms with van der Waals surface area (Å²) in [7, 11) is 0. The molecule has 1 rings (SSSR count). The molecule has 2 amide bonds. The van der Waals surface area contributed by atoms with Gasteiger partial charge in [0.1, 0.15) is 0 Å². The van der Waals surface area contributed by atoms with Crippen molar-refractivity contribution in [3.05, 3.63) is 33.8 Å². The van der Waals surface area contributed by atoms with E-state index in [1.807, 2.05) is 0 Å². The third-order valence-corrected chi connectivity index (χ3v) is 3.52. The first kappa shape index (κ1) is 19.3. The van der Waals surface area contributed by atoms with Crippen LogP contribution in [0.5, 0.6) is 0 Å². The lowest BCUT2D eigenvalue weighted by molar-refractivity contribution is -0.144. The zero-order valence-corrected chi connectivity index (χ0v) is 14.2. The number of carbonyl (C=O) groups excluding carboxylic acids is 3. The summed E-state index contributed by atoms with van der Waals surface area (Å²) in [6, 6.07) is 4.56. The van der Waals surface area contributed by atoms with E-state index in [1.165, 1.54) is 12.1 Å². The van der Waals surface area contributed by atoms with Crippen molar-refractivity contribution in [2.24, 2.45) is 0 Å². The van der Waals surface area contributed by atoms with E-state index in [0.717, 1.165) is 0 Å². The van der Waals surface area contributed by atoms with Gasteiger partial charge in [-0.15, -0.1) is 0 Å². The van der Waals surface area contributed by atoms with Gasteiger partial charge in [0.15, 0.2) is 0 Å². The number of hydrogen-bond acceptors (Lipinski definition) is 4. The van der Waals surface area contributed by atoms with Gasteiger partial charge in [0, 0.05) is 25.1 Å². The van der Waals surface area contributed by atoms with Crippen molar-refractivity contribution in [1.82, 2.24) is 10.6 Å². The number of ether oxygens (including phenoxy) is 1. The van der Waals surface area contributed by atoms with Gasteiger partial charge in [-0.3, -0.25) is 14.4 Å². The van der Waals surface area contributed by atoms with Crippen LogP contribution in [0, 0.1) is 0 Å². The molecule has 0 aliphatic carbocycles. The first-order valence-corrected chi connectivity index (χ1v) is 7.85. The van der Waals surface area contributed by atoms with Gasteiger partial charge in [0.05, 0.1) is 23.1 Å². The number of esters is 1. The molecule has 0 saturated heterocycles. The van der Waals surface area contributed by atoms with Crippen molar-refractivity contribution in [3.8, 4) is 0 Å². The Hall–Kier alpha value is -1.79. The molecule has 0 aromatic heterocycles. The predicted molar refractivity (Wildman–Crippen MR) is 87.7 cm³/mol. The second-order valence-electron chi connectivity index (χ2n) is 4.54. The third-order valence-electron chi connectivity index (χ3n) is 2.78. The summed E-state index contributed by atoms with van der Waals surface area (Å²) in [5.74, 6) is -0.998. The Balaban J connectivity index is 2.23. The molecular weight excluding hydrogens is 343 g/mol. The molecule has 0 heterocycles. The van der Waals surface area contributed by atoms with E-state index in [2.05, 4.69) is 10.6 Å². The molecule has 126 valence electrons. The summed E-state index contributed by atoms with van der Waals surface area (Å²) in [5, 5.41) is 5.91. The summed E-state index contributed by atoms with van der Waals surface area (Å²) in [4.78, 5) is 34.4. The van der Waals surface area contributed by atoms with Gasteiger partial charge in [-0.2, -0.15) is 0 Å². The number of rotatable bonds is 8. The topological polar surface area (TPSA) is 84.5 Å². The van der Waals surface area contributed by atoms with Gasteiger partial charge in [-0.05, 0) is 25.1 Å². The zero-order chi connectivity index (χ0) is 17.2. The minimum absolute atomic E-state index is 0.0370. The highest BCUT2D eigenvalue weighted by Gasteiger charge is 2.09. The van der Waals surface area contributed by atoms with E-state index >= 15 is 0 Å². The van der Waals surface area contributed by atoms with Crippen molar-refractivity contribution in [2.45, 2.75) is 19.8 Å². The van der Waals surface area contributed by atoms with Crippen LogP contribution in [-0.2, 0) is 14.3 Å². The maximum atomic E-state index is 11.9. The molecule has 0 bridgehead atoms. The van der Waals surface area contributed by atoms with Crippen molar-refractivity contribution in [3.63, 3.8) is 0 Å². The lowest BCUT2D eigenvalue weighted by Gasteiger charge is -2.08. The zero-order valence-electron chi connectivity index (χ0n) is 12.7. The summed E-state index contributed by atoms with van der Waals surface area (Å²) < 4.78 is 4.72. The quantitative estimate of drug-likeness (QED) is 0.549. The highest BCUT2D eigenvalue weighted by atomic mass is 35.5. The smallest absolute Gasteiger partial charge is 0.306 e. The average molecular weight is 361 g/mol. The normalized spacial score (nSPS) is 10.0. The van der Waals surface area contributed by atoms with Crippen LogP contribution in [0.25, 0.3) is 0 Å². The second-order valence-corrected chi connectivity index (χ2v) is 5.35. The molecule has 23 heavy (non-hydrogen) atoms. The van der Waals surface area contributed by atoms with Crippen LogP contribution in [0.1, 0.15) is 30.1 Å². The number of hydrogen-bond donors (Lipinski definition) is 2. The number of amides is 2. The van der Waals surface area contributed by atoms with Crippen LogP contribution in [0.4, 0.5) is 0 Å². The fraction of sp³-hybridized carbons (Fsp3) is 0.400. The van der Waals surface area contributed by atoms with Crippen LogP contribution >= 0.6 is 23.2 Å². The predicted octanol–water partition coefficient (Wildman–Crippen LogP) is 2.18. The van der Waals surface area contributed by atoms with Crippen LogP contribution in [0.2, 0.25) is 10.0 Å². The largest absolute Gasteiger partial charge is 0.466 e. The second kappa shape index (κ2) is 10.1. The maximum absolute atomic E-state index is 11.9. The molecule has 0 radical (unpaired) electrons. The fourth-order valence-electron chi connectivity index (χ4n) is 1.65. The number of carbonyl (C=O) groups is 3. The number of nitrogens with one attached hydrogen (secondary N) is 2. The van der Waals surface area contributed by atoms with Gasteiger partial charge >= 0.3 is 5.97 Å². The lowest BCUT2D eigenvalue weighted by atomic mass is 10.2. The van der Waals surface area contributed by atoms with Crippen LogP contribution < -0.4 is 10.6 Å². The maximum Gasteiger partial charge on any atom is 0.306 e. The number of halogens is 2. The molecule has 0 unspecified atom stereocenters. The Kier molecular flexibility index (Phi) is 8.43. The van der Waals surface area contributed by atoms with Crippen molar-refractivity contribution in [2.75, 3.05) is 19.7 Å². The fourth-order valence-corrected chi connectivity index (χ4v) is 1.95. The summed E-state index contributed by atoms with van der Waals surface area (Å²) >= 11 is 11.6. The van der Waals surface area contributed by atoms with Crippen molar-refractivity contribution < 1.29 is 19.1 Å². The highest BCUT2D eigenvalue weighted by molar-refractivity contribution is 6.42. The highest BCUT2D eigenvalue weighted by Crippen LogP contribution is 2.22. The lowest BCUT2D eigenvalue weighted by Crippen LogP contribution is -2.34. The summed E-state index contributed by atoms with van der Waals surface area (Å²) in [5.41, 5.74) is 0.382. The molecule has 0 aliphatic rings. The van der Waals surface area contributed by atoms with E-state index in [4.69, 9.17) is 27.9 Å².